The number of carbonyl (C=O) groups excluding carboxylic acids is 1. The molecule has 0 unspecified atom stereocenters. The lowest BCUT2D eigenvalue weighted by Gasteiger charge is -2.14. The number of rotatable bonds is 4. The third kappa shape index (κ3) is 3.53. The van der Waals surface area contributed by atoms with E-state index in [0.717, 1.165) is 10.8 Å². The van der Waals surface area contributed by atoms with E-state index in [0.29, 0.717) is 23.3 Å². The first-order valence-electron chi connectivity index (χ1n) is 6.23. The standard InChI is InChI=1S/C12H17N5O2S/c1-7(2)10-14-15-11(20-10)13-12(18)17(4)6-9-5-8(3)19-16-9/h5,7H,6H2,1-4H3,(H,13,15,18). The van der Waals surface area contributed by atoms with Crippen LogP contribution in [0, 0.1) is 6.92 Å². The summed E-state index contributed by atoms with van der Waals surface area (Å²) in [6.07, 6.45) is 0. The molecule has 20 heavy (non-hydrogen) atoms. The Balaban J connectivity index is 1.93. The quantitative estimate of drug-likeness (QED) is 0.937. The molecule has 0 aliphatic rings. The highest BCUT2D eigenvalue weighted by atomic mass is 32.1. The predicted molar refractivity (Wildman–Crippen MR) is 75.7 cm³/mol. The van der Waals surface area contributed by atoms with E-state index in [1.54, 1.807) is 13.1 Å². The second-order valence-corrected chi connectivity index (χ2v) is 5.82. The molecule has 108 valence electrons. The molecule has 1 N–H and O–H groups in total. The average Bonchev–Trinajstić information content (AvgIpc) is 2.98. The number of aryl methyl sites for hydroxylation is 1. The first-order valence-corrected chi connectivity index (χ1v) is 7.05. The molecule has 0 saturated heterocycles. The predicted octanol–water partition coefficient (Wildman–Crippen LogP) is 2.62. The number of hydrogen-bond donors (Lipinski definition) is 1. The minimum atomic E-state index is -0.253. The SMILES string of the molecule is Cc1cc(CN(C)C(=O)Nc2nnc(C(C)C)s2)no1. The molecule has 0 spiro atoms. The fourth-order valence-electron chi connectivity index (χ4n) is 1.51. The van der Waals surface area contributed by atoms with Crippen LogP contribution >= 0.6 is 11.3 Å². The third-order valence-corrected chi connectivity index (χ3v) is 3.71. The summed E-state index contributed by atoms with van der Waals surface area (Å²) in [7, 11) is 1.68. The van der Waals surface area contributed by atoms with Gasteiger partial charge in [0, 0.05) is 19.0 Å². The molecule has 7 nitrogen and oxygen atoms in total. The molecule has 0 aromatic carbocycles. The molecule has 2 aromatic rings. The van der Waals surface area contributed by atoms with Gasteiger partial charge in [0.05, 0.1) is 6.54 Å². The molecule has 0 saturated carbocycles. The van der Waals surface area contributed by atoms with Gasteiger partial charge in [-0.1, -0.05) is 30.3 Å². The number of anilines is 1. The Labute approximate surface area is 121 Å². The minimum Gasteiger partial charge on any atom is -0.361 e. The van der Waals surface area contributed by atoms with Gasteiger partial charge in [0.15, 0.2) is 0 Å². The number of hydrogen-bond acceptors (Lipinski definition) is 6. The normalized spacial score (nSPS) is 10.8. The second kappa shape index (κ2) is 6.00. The van der Waals surface area contributed by atoms with Crippen LogP contribution in [0.25, 0.3) is 0 Å². The summed E-state index contributed by atoms with van der Waals surface area (Å²) in [5.41, 5.74) is 0.709. The average molecular weight is 295 g/mol. The van der Waals surface area contributed by atoms with Crippen LogP contribution in [-0.2, 0) is 6.54 Å². The topological polar surface area (TPSA) is 84.2 Å². The fourth-order valence-corrected chi connectivity index (χ4v) is 2.25. The van der Waals surface area contributed by atoms with Crippen molar-refractivity contribution in [3.05, 3.63) is 22.5 Å². The zero-order valence-corrected chi connectivity index (χ0v) is 12.7. The smallest absolute Gasteiger partial charge is 0.323 e. The highest BCUT2D eigenvalue weighted by Crippen LogP contribution is 2.22. The summed E-state index contributed by atoms with van der Waals surface area (Å²) in [5.74, 6) is 1.02. The van der Waals surface area contributed by atoms with Gasteiger partial charge >= 0.3 is 6.03 Å². The Bertz CT molecular complexity index is 592. The van der Waals surface area contributed by atoms with Crippen LogP contribution in [-0.4, -0.2) is 33.3 Å². The van der Waals surface area contributed by atoms with Crippen LogP contribution < -0.4 is 5.32 Å². The minimum absolute atomic E-state index is 0.253. The molecular weight excluding hydrogens is 278 g/mol. The molecule has 0 fully saturated rings. The van der Waals surface area contributed by atoms with Crippen LogP contribution in [0.1, 0.15) is 36.2 Å². The molecular formula is C12H17N5O2S. The lowest BCUT2D eigenvalue weighted by atomic mass is 10.2. The first kappa shape index (κ1) is 14.4. The molecule has 2 heterocycles. The van der Waals surface area contributed by atoms with Crippen molar-refractivity contribution in [1.82, 2.24) is 20.3 Å². The summed E-state index contributed by atoms with van der Waals surface area (Å²) >= 11 is 1.38. The summed E-state index contributed by atoms with van der Waals surface area (Å²) in [5, 5.41) is 15.9. The maximum absolute atomic E-state index is 12.0. The van der Waals surface area contributed by atoms with Crippen molar-refractivity contribution >= 4 is 22.5 Å². The van der Waals surface area contributed by atoms with E-state index in [4.69, 9.17) is 4.52 Å². The van der Waals surface area contributed by atoms with Gasteiger partial charge in [0.25, 0.3) is 0 Å². The lowest BCUT2D eigenvalue weighted by molar-refractivity contribution is 0.219. The van der Waals surface area contributed by atoms with Gasteiger partial charge in [0.1, 0.15) is 16.5 Å². The van der Waals surface area contributed by atoms with Gasteiger partial charge in [-0.15, -0.1) is 10.2 Å². The van der Waals surface area contributed by atoms with E-state index in [1.165, 1.54) is 16.2 Å². The molecule has 0 atom stereocenters. The van der Waals surface area contributed by atoms with Gasteiger partial charge in [-0.25, -0.2) is 4.79 Å². The van der Waals surface area contributed by atoms with Crippen LogP contribution in [0.15, 0.2) is 10.6 Å². The van der Waals surface area contributed by atoms with Gasteiger partial charge in [-0.3, -0.25) is 5.32 Å². The molecule has 2 amide bonds. The van der Waals surface area contributed by atoms with E-state index >= 15 is 0 Å². The van der Waals surface area contributed by atoms with E-state index in [9.17, 15) is 4.79 Å². The maximum atomic E-state index is 12.0. The Kier molecular flexibility index (Phi) is 4.33. The van der Waals surface area contributed by atoms with Crippen molar-refractivity contribution in [3.8, 4) is 0 Å². The zero-order valence-electron chi connectivity index (χ0n) is 11.9. The molecule has 0 aliphatic heterocycles. The zero-order chi connectivity index (χ0) is 14.7. The van der Waals surface area contributed by atoms with Crippen LogP contribution in [0.3, 0.4) is 0 Å². The summed E-state index contributed by atoms with van der Waals surface area (Å²) in [6.45, 7) is 6.25. The van der Waals surface area contributed by atoms with E-state index in [2.05, 4.69) is 20.7 Å². The summed E-state index contributed by atoms with van der Waals surface area (Å²) in [4.78, 5) is 13.5. The van der Waals surface area contributed by atoms with E-state index in [-0.39, 0.29) is 6.03 Å². The van der Waals surface area contributed by atoms with Crippen LogP contribution in [0.5, 0.6) is 0 Å². The lowest BCUT2D eigenvalue weighted by Crippen LogP contribution is -2.30. The maximum Gasteiger partial charge on any atom is 0.323 e. The number of nitrogens with zero attached hydrogens (tertiary/aromatic N) is 4. The van der Waals surface area contributed by atoms with Gasteiger partial charge < -0.3 is 9.42 Å². The van der Waals surface area contributed by atoms with Crippen molar-refractivity contribution in [2.24, 2.45) is 0 Å². The summed E-state index contributed by atoms with van der Waals surface area (Å²) in [6, 6.07) is 1.54. The van der Waals surface area contributed by atoms with E-state index < -0.39 is 0 Å². The number of amides is 2. The highest BCUT2D eigenvalue weighted by Gasteiger charge is 2.14. The van der Waals surface area contributed by atoms with Crippen molar-refractivity contribution in [2.45, 2.75) is 33.2 Å². The number of aromatic nitrogens is 3. The second-order valence-electron chi connectivity index (χ2n) is 4.82. The van der Waals surface area contributed by atoms with Crippen LogP contribution in [0.4, 0.5) is 9.93 Å². The molecule has 0 bridgehead atoms. The third-order valence-electron chi connectivity index (χ3n) is 2.57. The number of nitrogens with one attached hydrogen (secondary N) is 1. The van der Waals surface area contributed by atoms with Gasteiger partial charge in [-0.05, 0) is 6.92 Å². The van der Waals surface area contributed by atoms with Crippen molar-refractivity contribution in [1.29, 1.82) is 0 Å². The number of urea groups is 1. The Morgan fingerprint density at radius 1 is 1.50 bits per heavy atom. The van der Waals surface area contributed by atoms with Gasteiger partial charge in [0.2, 0.25) is 5.13 Å². The molecule has 0 aliphatic carbocycles. The molecule has 0 radical (unpaired) electrons. The monoisotopic (exact) mass is 295 g/mol. The summed E-state index contributed by atoms with van der Waals surface area (Å²) < 4.78 is 4.96. The Hall–Kier alpha value is -1.96. The first-order chi connectivity index (χ1) is 9.45. The molecule has 2 rings (SSSR count). The van der Waals surface area contributed by atoms with Crippen molar-refractivity contribution < 1.29 is 9.32 Å². The van der Waals surface area contributed by atoms with E-state index in [1.807, 2.05) is 20.8 Å². The fraction of sp³-hybridized carbons (Fsp3) is 0.500. The largest absolute Gasteiger partial charge is 0.361 e. The number of carbonyl (C=O) groups is 1. The van der Waals surface area contributed by atoms with Crippen molar-refractivity contribution in [2.75, 3.05) is 12.4 Å². The van der Waals surface area contributed by atoms with Crippen LogP contribution in [0.2, 0.25) is 0 Å². The Morgan fingerprint density at radius 3 is 2.80 bits per heavy atom. The van der Waals surface area contributed by atoms with Gasteiger partial charge in [-0.2, -0.15) is 0 Å². The molecule has 2 aromatic heterocycles. The van der Waals surface area contributed by atoms with Crippen molar-refractivity contribution in [3.63, 3.8) is 0 Å². The highest BCUT2D eigenvalue weighted by molar-refractivity contribution is 7.15. The molecule has 8 heteroatoms. The Morgan fingerprint density at radius 2 is 2.25 bits per heavy atom.